The van der Waals surface area contributed by atoms with Gasteiger partial charge >= 0.3 is 0 Å². The summed E-state index contributed by atoms with van der Waals surface area (Å²) < 4.78 is 0. The summed E-state index contributed by atoms with van der Waals surface area (Å²) in [5.74, 6) is -0.702. The van der Waals surface area contributed by atoms with Gasteiger partial charge in [0.05, 0.1) is 23.1 Å². The van der Waals surface area contributed by atoms with Crippen molar-refractivity contribution in [1.82, 2.24) is 0 Å². The van der Waals surface area contributed by atoms with Crippen LogP contribution in [0.25, 0.3) is 0 Å². The minimum Gasteiger partial charge on any atom is -0.321 e. The number of benzene rings is 2. The van der Waals surface area contributed by atoms with Gasteiger partial charge in [0, 0.05) is 5.69 Å². The molecule has 0 unspecified atom stereocenters. The summed E-state index contributed by atoms with van der Waals surface area (Å²) in [4.78, 5) is 41.0. The fourth-order valence-corrected chi connectivity index (χ4v) is 5.07. The molecule has 1 saturated carbocycles. The van der Waals surface area contributed by atoms with Gasteiger partial charge in [-0.25, -0.2) is 4.90 Å². The van der Waals surface area contributed by atoms with Gasteiger partial charge in [-0.2, -0.15) is 0 Å². The van der Waals surface area contributed by atoms with Crippen LogP contribution in [-0.2, 0) is 22.4 Å². The van der Waals surface area contributed by atoms with Gasteiger partial charge in [0.2, 0.25) is 11.8 Å². The minimum atomic E-state index is -0.296. The first-order valence-corrected chi connectivity index (χ1v) is 11.3. The second-order valence-corrected chi connectivity index (χ2v) is 8.77. The van der Waals surface area contributed by atoms with Crippen LogP contribution in [0.4, 0.5) is 11.4 Å². The zero-order valence-corrected chi connectivity index (χ0v) is 18.5. The number of imide groups is 1. The Balaban J connectivity index is 1.68. The number of carbonyl (C=O) groups is 3. The van der Waals surface area contributed by atoms with Crippen molar-refractivity contribution < 1.29 is 14.4 Å². The highest BCUT2D eigenvalue weighted by molar-refractivity contribution is 6.24. The third kappa shape index (κ3) is 3.78. The van der Waals surface area contributed by atoms with Crippen LogP contribution in [0.15, 0.2) is 42.5 Å². The lowest BCUT2D eigenvalue weighted by atomic mass is 9.76. The summed E-state index contributed by atoms with van der Waals surface area (Å²) >= 11 is 0. The van der Waals surface area contributed by atoms with E-state index < -0.39 is 0 Å². The average molecular weight is 419 g/mol. The maximum atomic E-state index is 13.3. The highest BCUT2D eigenvalue weighted by atomic mass is 16.2. The van der Waals surface area contributed by atoms with Gasteiger partial charge in [-0.15, -0.1) is 0 Å². The second kappa shape index (κ2) is 8.66. The van der Waals surface area contributed by atoms with Crippen molar-refractivity contribution in [2.24, 2.45) is 17.8 Å². The fraction of sp³-hybridized carbons (Fsp3) is 0.423. The molecule has 0 spiro atoms. The summed E-state index contributed by atoms with van der Waals surface area (Å²) in [6.45, 7) is 6.25. The summed E-state index contributed by atoms with van der Waals surface area (Å²) in [5.41, 5.74) is 3.71. The van der Waals surface area contributed by atoms with E-state index in [1.165, 1.54) is 4.90 Å². The molecular weight excluding hydrogens is 388 g/mol. The maximum absolute atomic E-state index is 13.3. The molecule has 1 aliphatic carbocycles. The second-order valence-electron chi connectivity index (χ2n) is 8.77. The first-order valence-electron chi connectivity index (χ1n) is 11.3. The number of amides is 3. The Labute approximate surface area is 183 Å². The Bertz CT molecular complexity index is 1010. The molecule has 0 bridgehead atoms. The summed E-state index contributed by atoms with van der Waals surface area (Å²) in [6.07, 6.45) is 4.05. The summed E-state index contributed by atoms with van der Waals surface area (Å²) in [5, 5.41) is 3.07. The molecule has 3 atom stereocenters. The van der Waals surface area contributed by atoms with Crippen molar-refractivity contribution in [2.45, 2.75) is 52.9 Å². The van der Waals surface area contributed by atoms with Gasteiger partial charge < -0.3 is 5.32 Å². The van der Waals surface area contributed by atoms with Crippen molar-refractivity contribution >= 4 is 29.1 Å². The molecular formula is C26H30N2O3. The van der Waals surface area contributed by atoms with Crippen molar-refractivity contribution in [2.75, 3.05) is 10.2 Å². The van der Waals surface area contributed by atoms with E-state index in [0.29, 0.717) is 17.2 Å². The number of fused-ring (bicyclic) bond motifs is 1. The van der Waals surface area contributed by atoms with Gasteiger partial charge in [-0.3, -0.25) is 14.4 Å². The van der Waals surface area contributed by atoms with E-state index in [1.807, 2.05) is 18.2 Å². The van der Waals surface area contributed by atoms with E-state index in [2.05, 4.69) is 26.1 Å². The predicted molar refractivity (Wildman–Crippen MR) is 122 cm³/mol. The molecule has 1 saturated heterocycles. The molecule has 0 aromatic heterocycles. The van der Waals surface area contributed by atoms with Crippen molar-refractivity contribution in [3.8, 4) is 0 Å². The highest BCUT2D eigenvalue weighted by Gasteiger charge is 2.50. The molecule has 5 heteroatoms. The quantitative estimate of drug-likeness (QED) is 0.696. The van der Waals surface area contributed by atoms with Gasteiger partial charge in [-0.1, -0.05) is 51.1 Å². The third-order valence-electron chi connectivity index (χ3n) is 6.81. The molecule has 162 valence electrons. The molecule has 1 N–H and O–H groups in total. The zero-order valence-electron chi connectivity index (χ0n) is 18.5. The zero-order chi connectivity index (χ0) is 22.1. The number of hydrogen-bond acceptors (Lipinski definition) is 3. The Morgan fingerprint density at radius 2 is 1.58 bits per heavy atom. The molecule has 2 fully saturated rings. The van der Waals surface area contributed by atoms with Crippen LogP contribution in [0.2, 0.25) is 0 Å². The largest absolute Gasteiger partial charge is 0.321 e. The molecule has 31 heavy (non-hydrogen) atoms. The SMILES string of the molecule is CCc1cccc(CC)c1NC(=O)c1ccccc1N1C(=O)[C@H]2CC[C@@H](C)C[C@@H]2C1=O. The molecule has 1 heterocycles. The van der Waals surface area contributed by atoms with Crippen LogP contribution in [0, 0.1) is 17.8 Å². The van der Waals surface area contributed by atoms with Crippen molar-refractivity contribution in [3.63, 3.8) is 0 Å². The molecule has 2 aromatic carbocycles. The molecule has 1 aliphatic heterocycles. The Kier molecular flexibility index (Phi) is 5.94. The molecule has 2 aromatic rings. The number of hydrogen-bond donors (Lipinski definition) is 1. The lowest BCUT2D eigenvalue weighted by Crippen LogP contribution is -2.33. The van der Waals surface area contributed by atoms with Crippen LogP contribution in [-0.4, -0.2) is 17.7 Å². The smallest absolute Gasteiger partial charge is 0.257 e. The fourth-order valence-electron chi connectivity index (χ4n) is 5.07. The number of para-hydroxylation sites is 2. The molecule has 2 aliphatic rings. The molecule has 5 nitrogen and oxygen atoms in total. The highest BCUT2D eigenvalue weighted by Crippen LogP contribution is 2.43. The number of nitrogens with one attached hydrogen (secondary N) is 1. The predicted octanol–water partition coefficient (Wildman–Crippen LogP) is 4.99. The maximum Gasteiger partial charge on any atom is 0.257 e. The first-order chi connectivity index (χ1) is 15.0. The minimum absolute atomic E-state index is 0.162. The van der Waals surface area contributed by atoms with Crippen LogP contribution >= 0.6 is 0 Å². The van der Waals surface area contributed by atoms with E-state index >= 15 is 0 Å². The van der Waals surface area contributed by atoms with Gasteiger partial charge in [0.15, 0.2) is 0 Å². The van der Waals surface area contributed by atoms with E-state index in [9.17, 15) is 14.4 Å². The van der Waals surface area contributed by atoms with E-state index in [1.54, 1.807) is 24.3 Å². The van der Waals surface area contributed by atoms with Gasteiger partial charge in [0.1, 0.15) is 0 Å². The Morgan fingerprint density at radius 1 is 0.935 bits per heavy atom. The summed E-state index contributed by atoms with van der Waals surface area (Å²) in [7, 11) is 0. The number of nitrogens with zero attached hydrogens (tertiary/aromatic N) is 1. The van der Waals surface area contributed by atoms with Crippen LogP contribution < -0.4 is 10.2 Å². The van der Waals surface area contributed by atoms with Gasteiger partial charge in [-0.05, 0) is 61.3 Å². The van der Waals surface area contributed by atoms with E-state index in [0.717, 1.165) is 48.9 Å². The molecule has 4 rings (SSSR count). The number of anilines is 2. The number of aryl methyl sites for hydroxylation is 2. The lowest BCUT2D eigenvalue weighted by molar-refractivity contribution is -0.122. The van der Waals surface area contributed by atoms with Crippen molar-refractivity contribution in [1.29, 1.82) is 0 Å². The monoisotopic (exact) mass is 418 g/mol. The summed E-state index contributed by atoms with van der Waals surface area (Å²) in [6, 6.07) is 13.0. The number of carbonyl (C=O) groups excluding carboxylic acids is 3. The molecule has 0 radical (unpaired) electrons. The van der Waals surface area contributed by atoms with Gasteiger partial charge in [0.25, 0.3) is 5.91 Å². The van der Waals surface area contributed by atoms with E-state index in [4.69, 9.17) is 0 Å². The third-order valence-corrected chi connectivity index (χ3v) is 6.81. The molecule has 3 amide bonds. The standard InChI is InChI=1S/C26H30N2O3/c1-4-17-9-8-10-18(5-2)23(17)27-24(29)20-11-6-7-12-22(20)28-25(30)19-14-13-16(3)15-21(19)26(28)31/h6-12,16,19,21H,4-5,13-15H2,1-3H3,(H,27,29)/t16-,19+,21+/m1/s1. The van der Waals surface area contributed by atoms with Crippen LogP contribution in [0.1, 0.15) is 61.5 Å². The van der Waals surface area contributed by atoms with E-state index in [-0.39, 0.29) is 29.6 Å². The Morgan fingerprint density at radius 3 is 2.26 bits per heavy atom. The average Bonchev–Trinajstić information content (AvgIpc) is 3.03. The number of rotatable bonds is 5. The first kappa shape index (κ1) is 21.3. The topological polar surface area (TPSA) is 66.5 Å². The normalized spacial score (nSPS) is 23.1. The van der Waals surface area contributed by atoms with Crippen LogP contribution in [0.5, 0.6) is 0 Å². The van der Waals surface area contributed by atoms with Crippen molar-refractivity contribution in [3.05, 3.63) is 59.2 Å². The van der Waals surface area contributed by atoms with Crippen LogP contribution in [0.3, 0.4) is 0 Å². The Hall–Kier alpha value is -2.95. The lowest BCUT2D eigenvalue weighted by Gasteiger charge is -2.25.